The van der Waals surface area contributed by atoms with Gasteiger partial charge in [0.05, 0.1) is 23.2 Å². The third kappa shape index (κ3) is 3.12. The van der Waals surface area contributed by atoms with Crippen LogP contribution in [0.1, 0.15) is 38.5 Å². The van der Waals surface area contributed by atoms with Crippen molar-refractivity contribution in [3.63, 3.8) is 0 Å². The summed E-state index contributed by atoms with van der Waals surface area (Å²) in [6, 6.07) is -0.170. The largest absolute Gasteiger partial charge is 0.378 e. The van der Waals surface area contributed by atoms with Crippen molar-refractivity contribution in [1.29, 1.82) is 0 Å². The molecule has 3 aliphatic rings. The number of sulfone groups is 1. The van der Waals surface area contributed by atoms with Crippen LogP contribution in [0.15, 0.2) is 0 Å². The first-order chi connectivity index (χ1) is 10.1. The first-order valence-corrected chi connectivity index (χ1v) is 9.67. The fourth-order valence-corrected chi connectivity index (χ4v) is 6.35. The second kappa shape index (κ2) is 6.12. The normalized spacial score (nSPS) is 41.2. The first-order valence-electron chi connectivity index (χ1n) is 7.96. The molecule has 4 atom stereocenters. The Bertz CT molecular complexity index is 462. The number of ether oxygens (including phenoxy) is 2. The molecule has 122 valence electrons. The molecule has 1 spiro atoms. The molecule has 0 aromatic rings. The van der Waals surface area contributed by atoms with E-state index in [2.05, 4.69) is 5.43 Å². The van der Waals surface area contributed by atoms with Gasteiger partial charge in [0, 0.05) is 25.7 Å². The van der Waals surface area contributed by atoms with Crippen LogP contribution in [-0.4, -0.2) is 50.9 Å². The third-order valence-corrected chi connectivity index (χ3v) is 7.64. The highest BCUT2D eigenvalue weighted by molar-refractivity contribution is 7.92. The van der Waals surface area contributed by atoms with Crippen LogP contribution in [0.2, 0.25) is 0 Å². The third-order valence-electron chi connectivity index (χ3n) is 5.33. The average molecular weight is 318 g/mol. The summed E-state index contributed by atoms with van der Waals surface area (Å²) in [5.74, 6) is 6.29. The van der Waals surface area contributed by atoms with Gasteiger partial charge in [0.15, 0.2) is 9.84 Å². The summed E-state index contributed by atoms with van der Waals surface area (Å²) >= 11 is 0. The summed E-state index contributed by atoms with van der Waals surface area (Å²) in [7, 11) is -3.03. The van der Waals surface area contributed by atoms with Gasteiger partial charge in [0.2, 0.25) is 0 Å². The molecular weight excluding hydrogens is 292 g/mol. The lowest BCUT2D eigenvalue weighted by Crippen LogP contribution is -2.56. The van der Waals surface area contributed by atoms with Crippen molar-refractivity contribution in [1.82, 2.24) is 5.43 Å². The molecule has 4 unspecified atom stereocenters. The van der Waals surface area contributed by atoms with E-state index in [-0.39, 0.29) is 22.8 Å². The summed E-state index contributed by atoms with van der Waals surface area (Å²) in [5, 5.41) is -0.348. The van der Waals surface area contributed by atoms with Crippen molar-refractivity contribution in [3.8, 4) is 0 Å². The van der Waals surface area contributed by atoms with Crippen molar-refractivity contribution >= 4 is 9.84 Å². The number of hydrogen-bond donors (Lipinski definition) is 2. The van der Waals surface area contributed by atoms with Gasteiger partial charge in [-0.25, -0.2) is 8.42 Å². The van der Waals surface area contributed by atoms with Crippen molar-refractivity contribution < 1.29 is 17.9 Å². The predicted molar refractivity (Wildman–Crippen MR) is 79.4 cm³/mol. The van der Waals surface area contributed by atoms with Crippen LogP contribution in [0.4, 0.5) is 0 Å². The molecule has 0 aromatic heterocycles. The van der Waals surface area contributed by atoms with Gasteiger partial charge in [-0.2, -0.15) is 0 Å². The molecule has 0 radical (unpaired) electrons. The molecule has 3 rings (SSSR count). The Labute approximate surface area is 126 Å². The van der Waals surface area contributed by atoms with Crippen molar-refractivity contribution in [2.75, 3.05) is 25.6 Å². The van der Waals surface area contributed by atoms with Crippen molar-refractivity contribution in [3.05, 3.63) is 0 Å². The second-order valence-electron chi connectivity index (χ2n) is 6.68. The van der Waals surface area contributed by atoms with Gasteiger partial charge in [-0.05, 0) is 31.6 Å². The fraction of sp³-hybridized carbons (Fsp3) is 1.00. The van der Waals surface area contributed by atoms with E-state index in [1.165, 1.54) is 0 Å². The highest BCUT2D eigenvalue weighted by Gasteiger charge is 2.46. The second-order valence-corrected chi connectivity index (χ2v) is 9.02. The molecule has 3 N–H and O–H groups in total. The average Bonchev–Trinajstić information content (AvgIpc) is 2.89. The maximum atomic E-state index is 12.4. The molecule has 0 amide bonds. The lowest BCUT2D eigenvalue weighted by molar-refractivity contribution is -0.103. The topological polar surface area (TPSA) is 90.7 Å². The molecule has 0 aromatic carbocycles. The lowest BCUT2D eigenvalue weighted by Gasteiger charge is -2.42. The van der Waals surface area contributed by atoms with E-state index in [1.54, 1.807) is 0 Å². The zero-order valence-corrected chi connectivity index (χ0v) is 13.2. The zero-order valence-electron chi connectivity index (χ0n) is 12.4. The summed E-state index contributed by atoms with van der Waals surface area (Å²) in [4.78, 5) is 0. The SMILES string of the molecule is NNC(C1CCOC2(CCOC2)C1)C1CCCCS1(=O)=O. The number of rotatable bonds is 3. The van der Waals surface area contributed by atoms with Crippen LogP contribution in [-0.2, 0) is 19.3 Å². The monoisotopic (exact) mass is 318 g/mol. The van der Waals surface area contributed by atoms with Gasteiger partial charge in [-0.15, -0.1) is 0 Å². The summed E-state index contributed by atoms with van der Waals surface area (Å²) in [6.07, 6.45) is 5.08. The van der Waals surface area contributed by atoms with Gasteiger partial charge < -0.3 is 9.47 Å². The van der Waals surface area contributed by atoms with Gasteiger partial charge >= 0.3 is 0 Å². The molecule has 6 nitrogen and oxygen atoms in total. The van der Waals surface area contributed by atoms with E-state index in [4.69, 9.17) is 15.3 Å². The number of nitrogens with one attached hydrogen (secondary N) is 1. The minimum atomic E-state index is -3.03. The van der Waals surface area contributed by atoms with Gasteiger partial charge in [0.1, 0.15) is 0 Å². The molecule has 3 saturated heterocycles. The Morgan fingerprint density at radius 3 is 2.76 bits per heavy atom. The Balaban J connectivity index is 1.76. The van der Waals surface area contributed by atoms with Gasteiger partial charge in [0.25, 0.3) is 0 Å². The van der Waals surface area contributed by atoms with Crippen LogP contribution in [0.3, 0.4) is 0 Å². The van der Waals surface area contributed by atoms with E-state index in [9.17, 15) is 8.42 Å². The molecule has 21 heavy (non-hydrogen) atoms. The number of nitrogens with two attached hydrogens (primary N) is 1. The van der Waals surface area contributed by atoms with Crippen LogP contribution in [0.5, 0.6) is 0 Å². The number of hydrazine groups is 1. The first kappa shape index (κ1) is 15.7. The minimum Gasteiger partial charge on any atom is -0.378 e. The highest BCUT2D eigenvalue weighted by atomic mass is 32.2. The van der Waals surface area contributed by atoms with E-state index in [1.807, 2.05) is 0 Å². The maximum Gasteiger partial charge on any atom is 0.154 e. The standard InChI is InChI=1S/C14H26N2O4S/c15-16-13(12-3-1-2-8-21(12,17)18)11-4-6-20-14(9-11)5-7-19-10-14/h11-13,16H,1-10,15H2. The van der Waals surface area contributed by atoms with Crippen molar-refractivity contribution in [2.45, 2.75) is 55.4 Å². The fourth-order valence-electron chi connectivity index (χ4n) is 4.17. The minimum absolute atomic E-state index is 0.170. The Morgan fingerprint density at radius 2 is 2.10 bits per heavy atom. The molecule has 7 heteroatoms. The van der Waals surface area contributed by atoms with Gasteiger partial charge in [-0.3, -0.25) is 11.3 Å². The molecule has 3 aliphatic heterocycles. The number of hydrogen-bond acceptors (Lipinski definition) is 6. The Hall–Kier alpha value is -0.210. The summed E-state index contributed by atoms with van der Waals surface area (Å²) in [5.41, 5.74) is 2.62. The zero-order chi connectivity index (χ0) is 14.9. The van der Waals surface area contributed by atoms with E-state index in [0.717, 1.165) is 45.1 Å². The molecule has 0 bridgehead atoms. The lowest BCUT2D eigenvalue weighted by atomic mass is 9.79. The Kier molecular flexibility index (Phi) is 4.57. The molecule has 3 fully saturated rings. The summed E-state index contributed by atoms with van der Waals surface area (Å²) in [6.45, 7) is 2.02. The van der Waals surface area contributed by atoms with Crippen LogP contribution < -0.4 is 11.3 Å². The van der Waals surface area contributed by atoms with Crippen LogP contribution in [0.25, 0.3) is 0 Å². The van der Waals surface area contributed by atoms with E-state index < -0.39 is 9.84 Å². The molecule has 3 heterocycles. The molecule has 0 saturated carbocycles. The van der Waals surface area contributed by atoms with Gasteiger partial charge in [-0.1, -0.05) is 6.42 Å². The quantitative estimate of drug-likeness (QED) is 0.577. The van der Waals surface area contributed by atoms with E-state index in [0.29, 0.717) is 19.0 Å². The predicted octanol–water partition coefficient (Wildman–Crippen LogP) is 0.371. The summed E-state index contributed by atoms with van der Waals surface area (Å²) < 4.78 is 36.2. The van der Waals surface area contributed by atoms with Crippen LogP contribution >= 0.6 is 0 Å². The smallest absolute Gasteiger partial charge is 0.154 e. The maximum absolute atomic E-state index is 12.4. The highest BCUT2D eigenvalue weighted by Crippen LogP contribution is 2.39. The molecule has 0 aliphatic carbocycles. The molecular formula is C14H26N2O4S. The Morgan fingerprint density at radius 1 is 1.24 bits per heavy atom. The van der Waals surface area contributed by atoms with E-state index >= 15 is 0 Å². The van der Waals surface area contributed by atoms with Crippen molar-refractivity contribution in [2.24, 2.45) is 11.8 Å². The van der Waals surface area contributed by atoms with Crippen LogP contribution in [0, 0.1) is 5.92 Å².